The van der Waals surface area contributed by atoms with E-state index in [1.54, 1.807) is 0 Å². The average Bonchev–Trinajstić information content (AvgIpc) is 1.97. The minimum absolute atomic E-state index is 0.0507. The second-order valence-corrected chi connectivity index (χ2v) is 2.13. The highest BCUT2D eigenvalue weighted by Crippen LogP contribution is 1.86. The third-order valence-electron chi connectivity index (χ3n) is 0.797. The third-order valence-corrected chi connectivity index (χ3v) is 1.09. The van der Waals surface area contributed by atoms with E-state index in [1.807, 2.05) is 0 Å². The van der Waals surface area contributed by atoms with Gasteiger partial charge < -0.3 is 10.6 Å². The van der Waals surface area contributed by atoms with E-state index < -0.39 is 19.6 Å². The number of hydrogen-bond acceptors (Lipinski definition) is 1. The Hall–Kier alpha value is -0.520. The molecule has 0 aromatic carbocycles. The average molecular weight is 186 g/mol. The van der Waals surface area contributed by atoms with Gasteiger partial charge in [0.2, 0.25) is 0 Å². The molecule has 0 unspecified atom stereocenters. The third kappa shape index (κ3) is 7.38. The van der Waals surface area contributed by atoms with Crippen LogP contribution in [0.4, 0.5) is 13.2 Å². The van der Waals surface area contributed by atoms with Gasteiger partial charge in [-0.15, -0.1) is 0 Å². The summed E-state index contributed by atoms with van der Waals surface area (Å²) < 4.78 is 34.4. The van der Waals surface area contributed by atoms with Crippen molar-refractivity contribution in [3.8, 4) is 0 Å². The SMILES string of the molecule is FCCNC(=S)NCC(F)F. The molecule has 0 atom stereocenters. The molecule has 0 bridgehead atoms. The standard InChI is InChI=1S/C5H9F3N2S/c6-1-2-9-5(11)10-3-4(7)8/h4H,1-3H2,(H2,9,10,11). The van der Waals surface area contributed by atoms with Gasteiger partial charge in [-0.05, 0) is 12.2 Å². The Morgan fingerprint density at radius 3 is 2.45 bits per heavy atom. The van der Waals surface area contributed by atoms with Crippen LogP contribution in [-0.2, 0) is 0 Å². The first-order valence-electron chi connectivity index (χ1n) is 3.02. The van der Waals surface area contributed by atoms with Crippen molar-refractivity contribution in [3.63, 3.8) is 0 Å². The summed E-state index contributed by atoms with van der Waals surface area (Å²) in [6.45, 7) is -1.02. The van der Waals surface area contributed by atoms with E-state index in [0.29, 0.717) is 0 Å². The second-order valence-electron chi connectivity index (χ2n) is 1.72. The Kier molecular flexibility index (Phi) is 5.91. The van der Waals surface area contributed by atoms with Crippen LogP contribution >= 0.6 is 12.2 Å². The van der Waals surface area contributed by atoms with Crippen LogP contribution in [0, 0.1) is 0 Å². The van der Waals surface area contributed by atoms with Crippen LogP contribution in [0.25, 0.3) is 0 Å². The van der Waals surface area contributed by atoms with E-state index in [4.69, 9.17) is 0 Å². The van der Waals surface area contributed by atoms with Gasteiger partial charge in [0.1, 0.15) is 6.67 Å². The Morgan fingerprint density at radius 1 is 1.36 bits per heavy atom. The summed E-state index contributed by atoms with van der Waals surface area (Å²) in [6.07, 6.45) is -2.44. The lowest BCUT2D eigenvalue weighted by Crippen LogP contribution is -2.38. The van der Waals surface area contributed by atoms with Crippen LogP contribution in [-0.4, -0.2) is 31.3 Å². The van der Waals surface area contributed by atoms with Crippen LogP contribution in [0.2, 0.25) is 0 Å². The molecule has 0 aliphatic rings. The molecule has 0 aromatic heterocycles. The molecular weight excluding hydrogens is 177 g/mol. The van der Waals surface area contributed by atoms with E-state index in [2.05, 4.69) is 22.9 Å². The first-order chi connectivity index (χ1) is 5.16. The zero-order chi connectivity index (χ0) is 8.69. The Labute approximate surface area is 68.2 Å². The predicted octanol–water partition coefficient (Wildman–Crippen LogP) is 0.685. The number of hydrogen-bond donors (Lipinski definition) is 2. The quantitative estimate of drug-likeness (QED) is 0.631. The molecule has 0 aromatic rings. The lowest BCUT2D eigenvalue weighted by atomic mass is 10.6. The molecule has 2 N–H and O–H groups in total. The van der Waals surface area contributed by atoms with Gasteiger partial charge in [-0.2, -0.15) is 0 Å². The molecule has 0 saturated carbocycles. The van der Waals surface area contributed by atoms with Crippen molar-refractivity contribution in [1.29, 1.82) is 0 Å². The summed E-state index contributed by atoms with van der Waals surface area (Å²) in [4.78, 5) is 0. The van der Waals surface area contributed by atoms with Gasteiger partial charge in [-0.25, -0.2) is 13.2 Å². The Morgan fingerprint density at radius 2 is 2.00 bits per heavy atom. The molecule has 0 fully saturated rings. The monoisotopic (exact) mass is 186 g/mol. The van der Waals surface area contributed by atoms with Crippen molar-refractivity contribution in [2.45, 2.75) is 6.43 Å². The predicted molar refractivity (Wildman–Crippen MR) is 40.6 cm³/mol. The van der Waals surface area contributed by atoms with E-state index in [0.717, 1.165) is 0 Å². The molecule has 0 rings (SSSR count). The first-order valence-corrected chi connectivity index (χ1v) is 3.43. The molecule has 66 valence electrons. The van der Waals surface area contributed by atoms with Crippen molar-refractivity contribution >= 4 is 17.3 Å². The Balaban J connectivity index is 3.23. The molecule has 0 saturated heterocycles. The number of rotatable bonds is 4. The summed E-state index contributed by atoms with van der Waals surface area (Å²) in [5.74, 6) is 0. The maximum Gasteiger partial charge on any atom is 0.255 e. The van der Waals surface area contributed by atoms with Crippen molar-refractivity contribution in [2.24, 2.45) is 0 Å². The van der Waals surface area contributed by atoms with Crippen LogP contribution < -0.4 is 10.6 Å². The highest BCUT2D eigenvalue weighted by atomic mass is 32.1. The molecule has 11 heavy (non-hydrogen) atoms. The molecule has 0 aliphatic heterocycles. The largest absolute Gasteiger partial charge is 0.360 e. The van der Waals surface area contributed by atoms with Gasteiger partial charge in [-0.1, -0.05) is 0 Å². The van der Waals surface area contributed by atoms with Crippen molar-refractivity contribution < 1.29 is 13.2 Å². The van der Waals surface area contributed by atoms with E-state index in [1.165, 1.54) is 0 Å². The normalized spacial score (nSPS) is 9.82. The summed E-state index contributed by atoms with van der Waals surface area (Å²) in [6, 6.07) is 0. The molecule has 0 spiro atoms. The topological polar surface area (TPSA) is 24.1 Å². The minimum Gasteiger partial charge on any atom is -0.360 e. The highest BCUT2D eigenvalue weighted by Gasteiger charge is 2.01. The van der Waals surface area contributed by atoms with Crippen molar-refractivity contribution in [2.75, 3.05) is 19.8 Å². The van der Waals surface area contributed by atoms with Gasteiger partial charge in [0.05, 0.1) is 6.54 Å². The van der Waals surface area contributed by atoms with E-state index in [9.17, 15) is 13.2 Å². The van der Waals surface area contributed by atoms with Gasteiger partial charge in [0.15, 0.2) is 5.11 Å². The van der Waals surface area contributed by atoms with Crippen molar-refractivity contribution in [1.82, 2.24) is 10.6 Å². The van der Waals surface area contributed by atoms with E-state index >= 15 is 0 Å². The lowest BCUT2D eigenvalue weighted by Gasteiger charge is -2.07. The number of halogens is 3. The molecule has 0 heterocycles. The van der Waals surface area contributed by atoms with E-state index in [-0.39, 0.29) is 11.7 Å². The van der Waals surface area contributed by atoms with Crippen LogP contribution in [0.5, 0.6) is 0 Å². The fourth-order valence-corrected chi connectivity index (χ4v) is 0.579. The zero-order valence-electron chi connectivity index (χ0n) is 5.74. The molecule has 0 aliphatic carbocycles. The number of alkyl halides is 3. The minimum atomic E-state index is -2.44. The molecule has 6 heteroatoms. The van der Waals surface area contributed by atoms with Gasteiger partial charge in [0, 0.05) is 6.54 Å². The fourth-order valence-electron chi connectivity index (χ4n) is 0.393. The lowest BCUT2D eigenvalue weighted by molar-refractivity contribution is 0.152. The van der Waals surface area contributed by atoms with Gasteiger partial charge >= 0.3 is 0 Å². The molecular formula is C5H9F3N2S. The second kappa shape index (κ2) is 6.21. The summed E-state index contributed by atoms with van der Waals surface area (Å²) >= 11 is 4.52. The van der Waals surface area contributed by atoms with Crippen LogP contribution in [0.1, 0.15) is 0 Å². The van der Waals surface area contributed by atoms with Gasteiger partial charge in [-0.3, -0.25) is 0 Å². The number of nitrogens with one attached hydrogen (secondary N) is 2. The molecule has 2 nitrogen and oxygen atoms in total. The number of thiocarbonyl (C=S) groups is 1. The molecule has 0 amide bonds. The smallest absolute Gasteiger partial charge is 0.255 e. The fraction of sp³-hybridized carbons (Fsp3) is 0.800. The highest BCUT2D eigenvalue weighted by molar-refractivity contribution is 7.80. The summed E-state index contributed by atoms with van der Waals surface area (Å²) in [7, 11) is 0. The van der Waals surface area contributed by atoms with Gasteiger partial charge in [0.25, 0.3) is 6.43 Å². The van der Waals surface area contributed by atoms with Crippen LogP contribution in [0.3, 0.4) is 0 Å². The maximum atomic E-state index is 11.5. The summed E-state index contributed by atoms with van der Waals surface area (Å²) in [5, 5.41) is 4.68. The Bertz CT molecular complexity index is 120. The van der Waals surface area contributed by atoms with Crippen LogP contribution in [0.15, 0.2) is 0 Å². The first kappa shape index (κ1) is 10.5. The zero-order valence-corrected chi connectivity index (χ0v) is 6.56. The molecule has 0 radical (unpaired) electrons. The van der Waals surface area contributed by atoms with Crippen molar-refractivity contribution in [3.05, 3.63) is 0 Å². The maximum absolute atomic E-state index is 11.5. The summed E-state index contributed by atoms with van der Waals surface area (Å²) in [5.41, 5.74) is 0.